The van der Waals surface area contributed by atoms with Crippen molar-refractivity contribution >= 4 is 23.4 Å². The number of carbonyl (C=O) groups excluding carboxylic acids is 1. The molecule has 10 heteroatoms. The van der Waals surface area contributed by atoms with Gasteiger partial charge < -0.3 is 15.8 Å². The minimum atomic E-state index is -0.683. The van der Waals surface area contributed by atoms with Gasteiger partial charge in [0, 0.05) is 18.3 Å². The summed E-state index contributed by atoms with van der Waals surface area (Å²) in [6, 6.07) is 14.4. The van der Waals surface area contributed by atoms with Crippen molar-refractivity contribution in [2.45, 2.75) is 26.4 Å². The van der Waals surface area contributed by atoms with Crippen LogP contribution in [0.15, 0.2) is 66.9 Å². The van der Waals surface area contributed by atoms with Crippen molar-refractivity contribution in [2.75, 3.05) is 16.4 Å². The smallest absolute Gasteiger partial charge is 0.324 e. The topological polar surface area (TPSA) is 107 Å². The van der Waals surface area contributed by atoms with E-state index in [2.05, 4.69) is 20.7 Å². The number of urea groups is 1. The van der Waals surface area contributed by atoms with E-state index in [4.69, 9.17) is 10.5 Å². The molecule has 0 saturated carbocycles. The Morgan fingerprint density at radius 1 is 1.09 bits per heavy atom. The highest BCUT2D eigenvalue weighted by Crippen LogP contribution is 2.24. The van der Waals surface area contributed by atoms with Gasteiger partial charge in [0.15, 0.2) is 0 Å². The number of nitrogens with one attached hydrogen (secondary N) is 2. The molecule has 2 aromatic carbocycles. The number of ether oxygens (including phenoxy) is 1. The Balaban J connectivity index is 1.45. The maximum Gasteiger partial charge on any atom is 0.324 e. The van der Waals surface area contributed by atoms with E-state index in [-0.39, 0.29) is 24.0 Å². The van der Waals surface area contributed by atoms with Crippen molar-refractivity contribution < 1.29 is 18.3 Å². The lowest BCUT2D eigenvalue weighted by atomic mass is 10.1. The van der Waals surface area contributed by atoms with Gasteiger partial charge in [-0.2, -0.15) is 5.10 Å². The van der Waals surface area contributed by atoms with Gasteiger partial charge >= 0.3 is 6.03 Å². The van der Waals surface area contributed by atoms with Gasteiger partial charge in [-0.15, -0.1) is 0 Å². The van der Waals surface area contributed by atoms with Crippen molar-refractivity contribution in [3.05, 3.63) is 89.8 Å². The van der Waals surface area contributed by atoms with Gasteiger partial charge in [0.2, 0.25) is 0 Å². The highest BCUT2D eigenvalue weighted by molar-refractivity contribution is 5.99. The molecule has 0 saturated heterocycles. The van der Waals surface area contributed by atoms with Crippen LogP contribution in [-0.2, 0) is 6.61 Å². The summed E-state index contributed by atoms with van der Waals surface area (Å²) in [5.74, 6) is -0.0721. The molecule has 0 fully saturated rings. The van der Waals surface area contributed by atoms with E-state index in [1.165, 1.54) is 35.0 Å². The lowest BCUT2D eigenvalue weighted by Crippen LogP contribution is -2.22. The standard InChI is InChI=1S/C25H24F2N6O2/c1-15(2)22-13-24(33(32-22)18-5-3-4-17(26)11-18)31-25(34)30-21-7-6-19(12-20(21)27)35-14-16-8-9-29-23(28)10-16/h3-13,15H,14H2,1-2H3,(H2,28,29)(H2,30,31,34). The van der Waals surface area contributed by atoms with Gasteiger partial charge in [-0.25, -0.2) is 23.2 Å². The highest BCUT2D eigenvalue weighted by Gasteiger charge is 2.16. The fourth-order valence-electron chi connectivity index (χ4n) is 3.28. The molecule has 0 atom stereocenters. The fourth-order valence-corrected chi connectivity index (χ4v) is 3.28. The van der Waals surface area contributed by atoms with Gasteiger partial charge in [0.1, 0.15) is 35.6 Å². The molecular weight excluding hydrogens is 454 g/mol. The zero-order chi connectivity index (χ0) is 24.9. The van der Waals surface area contributed by atoms with Crippen molar-refractivity contribution in [1.29, 1.82) is 0 Å². The Bertz CT molecular complexity index is 1360. The number of amides is 2. The van der Waals surface area contributed by atoms with E-state index in [1.807, 2.05) is 13.8 Å². The van der Waals surface area contributed by atoms with Crippen molar-refractivity contribution in [2.24, 2.45) is 0 Å². The second-order valence-corrected chi connectivity index (χ2v) is 8.10. The number of carbonyl (C=O) groups is 1. The Labute approximate surface area is 200 Å². The molecule has 0 spiro atoms. The first-order chi connectivity index (χ1) is 16.8. The molecule has 0 bridgehead atoms. The normalized spacial score (nSPS) is 10.9. The molecule has 0 unspecified atom stereocenters. The maximum atomic E-state index is 14.6. The molecule has 35 heavy (non-hydrogen) atoms. The third-order valence-electron chi connectivity index (χ3n) is 5.05. The van der Waals surface area contributed by atoms with E-state index in [0.29, 0.717) is 23.0 Å². The number of hydrogen-bond acceptors (Lipinski definition) is 5. The number of nitrogens with zero attached hydrogens (tertiary/aromatic N) is 3. The van der Waals surface area contributed by atoms with E-state index < -0.39 is 17.7 Å². The number of nitrogens with two attached hydrogens (primary N) is 1. The molecular formula is C25H24F2N6O2. The molecule has 4 N–H and O–H groups in total. The van der Waals surface area contributed by atoms with E-state index in [0.717, 1.165) is 5.56 Å². The Morgan fingerprint density at radius 2 is 1.91 bits per heavy atom. The second kappa shape index (κ2) is 10.2. The largest absolute Gasteiger partial charge is 0.489 e. The first-order valence-corrected chi connectivity index (χ1v) is 10.8. The zero-order valence-electron chi connectivity index (χ0n) is 19.1. The molecule has 4 rings (SSSR count). The number of nitrogen functional groups attached to an aromatic ring is 1. The molecule has 0 radical (unpaired) electrons. The third-order valence-corrected chi connectivity index (χ3v) is 5.05. The van der Waals surface area contributed by atoms with Crippen LogP contribution in [0.4, 0.5) is 30.9 Å². The van der Waals surface area contributed by atoms with Gasteiger partial charge in [-0.1, -0.05) is 19.9 Å². The summed E-state index contributed by atoms with van der Waals surface area (Å²) < 4.78 is 35.4. The zero-order valence-corrected chi connectivity index (χ0v) is 19.1. The molecule has 4 aromatic rings. The number of pyridine rings is 1. The first kappa shape index (κ1) is 23.7. The fraction of sp³-hybridized carbons (Fsp3) is 0.160. The minimum absolute atomic E-state index is 0.0380. The van der Waals surface area contributed by atoms with Crippen LogP contribution in [0.25, 0.3) is 5.69 Å². The van der Waals surface area contributed by atoms with Crippen LogP contribution in [0, 0.1) is 11.6 Å². The molecule has 0 aliphatic rings. The summed E-state index contributed by atoms with van der Waals surface area (Å²) in [5.41, 5.74) is 7.53. The van der Waals surface area contributed by atoms with Crippen molar-refractivity contribution in [1.82, 2.24) is 14.8 Å². The summed E-state index contributed by atoms with van der Waals surface area (Å²) in [4.78, 5) is 16.5. The Morgan fingerprint density at radius 3 is 2.63 bits per heavy atom. The number of halogens is 2. The van der Waals surface area contributed by atoms with Gasteiger partial charge in [0.05, 0.1) is 17.1 Å². The summed E-state index contributed by atoms with van der Waals surface area (Å²) in [6.45, 7) is 4.08. The average Bonchev–Trinajstić information content (AvgIpc) is 3.23. The predicted molar refractivity (Wildman–Crippen MR) is 130 cm³/mol. The van der Waals surface area contributed by atoms with Crippen LogP contribution in [0.1, 0.15) is 31.0 Å². The van der Waals surface area contributed by atoms with Gasteiger partial charge in [-0.05, 0) is 53.9 Å². The number of benzene rings is 2. The highest BCUT2D eigenvalue weighted by atomic mass is 19.1. The predicted octanol–water partition coefficient (Wildman–Crippen LogP) is 5.47. The maximum absolute atomic E-state index is 14.6. The summed E-state index contributed by atoms with van der Waals surface area (Å²) in [6.07, 6.45) is 1.56. The molecule has 2 aromatic heterocycles. The number of aromatic nitrogens is 3. The number of anilines is 3. The molecule has 180 valence electrons. The summed E-state index contributed by atoms with van der Waals surface area (Å²) in [7, 11) is 0. The Kier molecular flexibility index (Phi) is 6.91. The quantitative estimate of drug-likeness (QED) is 0.326. The van der Waals surface area contributed by atoms with Gasteiger partial charge in [0.25, 0.3) is 0 Å². The SMILES string of the molecule is CC(C)c1cc(NC(=O)Nc2ccc(OCc3ccnc(N)c3)cc2F)n(-c2cccc(F)c2)n1. The second-order valence-electron chi connectivity index (χ2n) is 8.10. The summed E-state index contributed by atoms with van der Waals surface area (Å²) >= 11 is 0. The van der Waals surface area contributed by atoms with Gasteiger partial charge in [-0.3, -0.25) is 5.32 Å². The number of hydrogen-bond donors (Lipinski definition) is 3. The average molecular weight is 479 g/mol. The molecule has 0 aliphatic carbocycles. The monoisotopic (exact) mass is 478 g/mol. The van der Waals surface area contributed by atoms with E-state index in [1.54, 1.807) is 36.5 Å². The van der Waals surface area contributed by atoms with Crippen molar-refractivity contribution in [3.8, 4) is 11.4 Å². The lowest BCUT2D eigenvalue weighted by molar-refractivity contribution is 0.262. The van der Waals surface area contributed by atoms with Crippen LogP contribution in [-0.4, -0.2) is 20.8 Å². The van der Waals surface area contributed by atoms with E-state index >= 15 is 0 Å². The van der Waals surface area contributed by atoms with Crippen LogP contribution in [0.3, 0.4) is 0 Å². The first-order valence-electron chi connectivity index (χ1n) is 10.8. The Hall–Kier alpha value is -4.47. The molecule has 0 aliphatic heterocycles. The van der Waals surface area contributed by atoms with Crippen LogP contribution >= 0.6 is 0 Å². The third kappa shape index (κ3) is 5.91. The van der Waals surface area contributed by atoms with Crippen LogP contribution < -0.4 is 21.1 Å². The van der Waals surface area contributed by atoms with Crippen LogP contribution in [0.5, 0.6) is 5.75 Å². The molecule has 2 amide bonds. The van der Waals surface area contributed by atoms with Crippen molar-refractivity contribution in [3.63, 3.8) is 0 Å². The van der Waals surface area contributed by atoms with Crippen LogP contribution in [0.2, 0.25) is 0 Å². The van der Waals surface area contributed by atoms with E-state index in [9.17, 15) is 13.6 Å². The molecule has 2 heterocycles. The lowest BCUT2D eigenvalue weighted by Gasteiger charge is -2.12. The molecule has 8 nitrogen and oxygen atoms in total. The number of rotatable bonds is 7. The minimum Gasteiger partial charge on any atom is -0.489 e. The summed E-state index contributed by atoms with van der Waals surface area (Å²) in [5, 5.41) is 9.60.